The van der Waals surface area contributed by atoms with Crippen molar-refractivity contribution in [3.63, 3.8) is 0 Å². The van der Waals surface area contributed by atoms with Crippen LogP contribution >= 0.6 is 0 Å². The van der Waals surface area contributed by atoms with Gasteiger partial charge in [-0.3, -0.25) is 4.98 Å². The number of pyridine rings is 1. The van der Waals surface area contributed by atoms with E-state index in [1.165, 1.54) is 6.39 Å². The fourth-order valence-corrected chi connectivity index (χ4v) is 2.28. The van der Waals surface area contributed by atoms with Gasteiger partial charge in [-0.15, -0.1) is 0 Å². The molecule has 0 bridgehead atoms. The quantitative estimate of drug-likeness (QED) is 0.425. The highest BCUT2D eigenvalue weighted by Gasteiger charge is 2.07. The number of aromatic nitrogens is 2. The summed E-state index contributed by atoms with van der Waals surface area (Å²) in [6.07, 6.45) is 3.29. The molecule has 0 saturated heterocycles. The van der Waals surface area contributed by atoms with Gasteiger partial charge >= 0.3 is 0 Å². The topological polar surface area (TPSA) is 38.9 Å². The summed E-state index contributed by atoms with van der Waals surface area (Å²) in [5.74, 6) is 0. The molecule has 4 rings (SSSR count). The van der Waals surface area contributed by atoms with E-state index < -0.39 is 0 Å². The van der Waals surface area contributed by atoms with Gasteiger partial charge in [0, 0.05) is 22.4 Å². The maximum Gasteiger partial charge on any atom is 0.182 e. The highest BCUT2D eigenvalue weighted by Crippen LogP contribution is 2.28. The highest BCUT2D eigenvalue weighted by atomic mass is 16.3. The molecular weight excluding hydrogens is 212 g/mol. The predicted molar refractivity (Wildman–Crippen MR) is 66.8 cm³/mol. The molecule has 0 aliphatic rings. The summed E-state index contributed by atoms with van der Waals surface area (Å²) < 4.78 is 5.31. The third kappa shape index (κ3) is 1.11. The van der Waals surface area contributed by atoms with E-state index in [4.69, 9.17) is 4.42 Å². The minimum absolute atomic E-state index is 0.813. The Balaban J connectivity index is 2.34. The Labute approximate surface area is 96.7 Å². The van der Waals surface area contributed by atoms with E-state index in [2.05, 4.69) is 28.2 Å². The van der Waals surface area contributed by atoms with E-state index in [0.717, 1.165) is 32.8 Å². The third-order valence-electron chi connectivity index (χ3n) is 3.07. The van der Waals surface area contributed by atoms with Crippen LogP contribution in [0.4, 0.5) is 0 Å². The summed E-state index contributed by atoms with van der Waals surface area (Å²) in [4.78, 5) is 8.70. The molecule has 3 heteroatoms. The number of oxazole rings is 1. The SMILES string of the molecule is c1cnc2c(c1)ccc1c2ccc2ocnc21. The lowest BCUT2D eigenvalue weighted by atomic mass is 10.1. The first kappa shape index (κ1) is 8.70. The second kappa shape index (κ2) is 3.04. The summed E-state index contributed by atoms with van der Waals surface area (Å²) >= 11 is 0. The van der Waals surface area contributed by atoms with Crippen LogP contribution in [0, 0.1) is 0 Å². The lowest BCUT2D eigenvalue weighted by Crippen LogP contribution is -1.82. The summed E-state index contributed by atoms with van der Waals surface area (Å²) in [5.41, 5.74) is 2.72. The van der Waals surface area contributed by atoms with Gasteiger partial charge < -0.3 is 4.42 Å². The zero-order valence-electron chi connectivity index (χ0n) is 8.92. The van der Waals surface area contributed by atoms with Crippen molar-refractivity contribution in [1.29, 1.82) is 0 Å². The third-order valence-corrected chi connectivity index (χ3v) is 3.07. The van der Waals surface area contributed by atoms with E-state index in [-0.39, 0.29) is 0 Å². The Kier molecular flexibility index (Phi) is 1.56. The molecule has 0 amide bonds. The van der Waals surface area contributed by atoms with Crippen LogP contribution in [0.25, 0.3) is 32.8 Å². The zero-order chi connectivity index (χ0) is 11.2. The molecule has 80 valence electrons. The molecule has 0 unspecified atom stereocenters. The molecule has 0 saturated carbocycles. The lowest BCUT2D eigenvalue weighted by molar-refractivity contribution is 0.602. The van der Waals surface area contributed by atoms with E-state index in [9.17, 15) is 0 Å². The van der Waals surface area contributed by atoms with Crippen molar-refractivity contribution < 1.29 is 4.42 Å². The Morgan fingerprint density at radius 2 is 1.71 bits per heavy atom. The second-order valence-electron chi connectivity index (χ2n) is 4.00. The van der Waals surface area contributed by atoms with Crippen LogP contribution in [0.5, 0.6) is 0 Å². The Bertz CT molecular complexity index is 848. The molecule has 0 radical (unpaired) electrons. The molecule has 0 aliphatic carbocycles. The molecule has 2 aromatic heterocycles. The first-order valence-corrected chi connectivity index (χ1v) is 5.43. The maximum absolute atomic E-state index is 5.31. The number of nitrogens with zero attached hydrogens (tertiary/aromatic N) is 2. The molecule has 0 spiro atoms. The van der Waals surface area contributed by atoms with Crippen LogP contribution in [0.2, 0.25) is 0 Å². The van der Waals surface area contributed by atoms with Crippen LogP contribution in [0.1, 0.15) is 0 Å². The molecule has 0 N–H and O–H groups in total. The van der Waals surface area contributed by atoms with E-state index in [1.54, 1.807) is 0 Å². The summed E-state index contributed by atoms with van der Waals surface area (Å²) in [7, 11) is 0. The maximum atomic E-state index is 5.31. The predicted octanol–water partition coefficient (Wildman–Crippen LogP) is 3.53. The zero-order valence-corrected chi connectivity index (χ0v) is 8.92. The fraction of sp³-hybridized carbons (Fsp3) is 0. The first-order valence-electron chi connectivity index (χ1n) is 5.43. The van der Waals surface area contributed by atoms with Crippen LogP contribution in [-0.4, -0.2) is 9.97 Å². The Morgan fingerprint density at radius 1 is 0.824 bits per heavy atom. The second-order valence-corrected chi connectivity index (χ2v) is 4.00. The van der Waals surface area contributed by atoms with Crippen molar-refractivity contribution in [2.24, 2.45) is 0 Å². The minimum Gasteiger partial charge on any atom is -0.443 e. The number of rotatable bonds is 0. The minimum atomic E-state index is 0.813. The number of hydrogen-bond donors (Lipinski definition) is 0. The normalized spacial score (nSPS) is 11.5. The largest absolute Gasteiger partial charge is 0.443 e. The smallest absolute Gasteiger partial charge is 0.182 e. The van der Waals surface area contributed by atoms with Crippen molar-refractivity contribution in [3.8, 4) is 0 Å². The van der Waals surface area contributed by atoms with Crippen LogP contribution < -0.4 is 0 Å². The van der Waals surface area contributed by atoms with Crippen molar-refractivity contribution in [2.45, 2.75) is 0 Å². The van der Waals surface area contributed by atoms with Crippen molar-refractivity contribution in [1.82, 2.24) is 9.97 Å². The summed E-state index contributed by atoms with van der Waals surface area (Å²) in [5, 5.41) is 3.34. The van der Waals surface area contributed by atoms with Crippen LogP contribution in [-0.2, 0) is 0 Å². The van der Waals surface area contributed by atoms with Gasteiger partial charge in [-0.05, 0) is 18.2 Å². The fourth-order valence-electron chi connectivity index (χ4n) is 2.28. The van der Waals surface area contributed by atoms with Gasteiger partial charge in [0.25, 0.3) is 0 Å². The molecule has 2 aromatic carbocycles. The molecule has 0 atom stereocenters. The molecule has 2 heterocycles. The molecular formula is C14H8N2O. The van der Waals surface area contributed by atoms with Gasteiger partial charge in [0.05, 0.1) is 5.52 Å². The van der Waals surface area contributed by atoms with Crippen molar-refractivity contribution >= 4 is 32.8 Å². The molecule has 0 fully saturated rings. The Hall–Kier alpha value is -2.42. The standard InChI is InChI=1S/C14H8N2O/c1-2-9-3-4-11-10(13(9)15-7-1)5-6-12-14(11)16-8-17-12/h1-8H. The molecule has 4 aromatic rings. The van der Waals surface area contributed by atoms with E-state index in [1.807, 2.05) is 24.4 Å². The van der Waals surface area contributed by atoms with Gasteiger partial charge in [-0.1, -0.05) is 18.2 Å². The molecule has 3 nitrogen and oxygen atoms in total. The number of hydrogen-bond acceptors (Lipinski definition) is 3. The molecule has 0 aliphatic heterocycles. The van der Waals surface area contributed by atoms with Gasteiger partial charge in [-0.25, -0.2) is 4.98 Å². The van der Waals surface area contributed by atoms with E-state index in [0.29, 0.717) is 0 Å². The number of fused-ring (bicyclic) bond motifs is 5. The van der Waals surface area contributed by atoms with Crippen molar-refractivity contribution in [3.05, 3.63) is 49.0 Å². The van der Waals surface area contributed by atoms with Crippen molar-refractivity contribution in [2.75, 3.05) is 0 Å². The van der Waals surface area contributed by atoms with Gasteiger partial charge in [0.2, 0.25) is 0 Å². The lowest BCUT2D eigenvalue weighted by Gasteiger charge is -2.02. The summed E-state index contributed by atoms with van der Waals surface area (Å²) in [6.45, 7) is 0. The van der Waals surface area contributed by atoms with Gasteiger partial charge in [0.1, 0.15) is 5.52 Å². The molecule has 17 heavy (non-hydrogen) atoms. The van der Waals surface area contributed by atoms with Gasteiger partial charge in [0.15, 0.2) is 12.0 Å². The highest BCUT2D eigenvalue weighted by molar-refractivity contribution is 6.13. The average molecular weight is 220 g/mol. The van der Waals surface area contributed by atoms with Crippen LogP contribution in [0.15, 0.2) is 53.4 Å². The monoisotopic (exact) mass is 220 g/mol. The van der Waals surface area contributed by atoms with E-state index >= 15 is 0 Å². The number of benzene rings is 2. The Morgan fingerprint density at radius 3 is 2.71 bits per heavy atom. The summed E-state index contributed by atoms with van der Waals surface area (Å²) in [6, 6.07) is 12.1. The average Bonchev–Trinajstić information content (AvgIpc) is 2.86. The van der Waals surface area contributed by atoms with Gasteiger partial charge in [-0.2, -0.15) is 0 Å². The first-order chi connectivity index (χ1) is 8.43. The van der Waals surface area contributed by atoms with Crippen LogP contribution in [0.3, 0.4) is 0 Å².